The van der Waals surface area contributed by atoms with Crippen LogP contribution in [0.25, 0.3) is 6.08 Å². The van der Waals surface area contributed by atoms with Crippen molar-refractivity contribution in [2.24, 2.45) is 0 Å². The normalized spacial score (nSPS) is 10.2. The van der Waals surface area contributed by atoms with Crippen LogP contribution in [0.1, 0.15) is 12.5 Å². The Labute approximate surface area is 101 Å². The van der Waals surface area contributed by atoms with Crippen molar-refractivity contribution in [2.75, 3.05) is 13.2 Å². The topological polar surface area (TPSA) is 35.5 Å². The van der Waals surface area contributed by atoms with Crippen LogP contribution in [0.15, 0.2) is 43.0 Å². The van der Waals surface area contributed by atoms with Gasteiger partial charge in [-0.25, -0.2) is 4.79 Å². The zero-order chi connectivity index (χ0) is 12.5. The molecule has 0 aliphatic heterocycles. The fraction of sp³-hybridized carbons (Fsp3) is 0.214. The predicted molar refractivity (Wildman–Crippen MR) is 67.8 cm³/mol. The molecule has 1 rings (SSSR count). The lowest BCUT2D eigenvalue weighted by molar-refractivity contribution is -0.136. The standard InChI is InChI=1S/C14H16O3/c1-3-11-17-14(15)10-9-12-7-5-6-8-13(12)16-4-2/h3,5-10H,1,4,11H2,2H3/b10-9+. The van der Waals surface area contributed by atoms with Crippen molar-refractivity contribution in [3.63, 3.8) is 0 Å². The molecular formula is C14H16O3. The van der Waals surface area contributed by atoms with Crippen LogP contribution < -0.4 is 4.74 Å². The summed E-state index contributed by atoms with van der Waals surface area (Å²) in [6.45, 7) is 6.19. The van der Waals surface area contributed by atoms with E-state index in [4.69, 9.17) is 9.47 Å². The Morgan fingerprint density at radius 2 is 2.18 bits per heavy atom. The Kier molecular flexibility index (Phi) is 5.58. The number of para-hydroxylation sites is 1. The third-order valence-corrected chi connectivity index (χ3v) is 1.96. The van der Waals surface area contributed by atoms with Crippen LogP contribution in [-0.2, 0) is 9.53 Å². The van der Waals surface area contributed by atoms with Crippen molar-refractivity contribution in [3.05, 3.63) is 48.6 Å². The van der Waals surface area contributed by atoms with Gasteiger partial charge in [-0.2, -0.15) is 0 Å². The number of hydrogen-bond acceptors (Lipinski definition) is 3. The molecule has 0 aromatic heterocycles. The third-order valence-electron chi connectivity index (χ3n) is 1.96. The molecule has 0 N–H and O–H groups in total. The van der Waals surface area contributed by atoms with Gasteiger partial charge in [-0.1, -0.05) is 30.9 Å². The van der Waals surface area contributed by atoms with E-state index in [1.54, 1.807) is 6.08 Å². The van der Waals surface area contributed by atoms with Crippen LogP contribution in [0.3, 0.4) is 0 Å². The first-order valence-electron chi connectivity index (χ1n) is 5.45. The summed E-state index contributed by atoms with van der Waals surface area (Å²) >= 11 is 0. The number of carbonyl (C=O) groups is 1. The molecule has 90 valence electrons. The maximum absolute atomic E-state index is 11.2. The van der Waals surface area contributed by atoms with Gasteiger partial charge >= 0.3 is 5.97 Å². The Morgan fingerprint density at radius 3 is 2.88 bits per heavy atom. The van der Waals surface area contributed by atoms with E-state index in [9.17, 15) is 4.79 Å². The predicted octanol–water partition coefficient (Wildman–Crippen LogP) is 2.83. The third kappa shape index (κ3) is 4.55. The van der Waals surface area contributed by atoms with Crippen LogP contribution in [0.4, 0.5) is 0 Å². The Morgan fingerprint density at radius 1 is 1.41 bits per heavy atom. The fourth-order valence-electron chi connectivity index (χ4n) is 1.25. The Bertz CT molecular complexity index is 408. The number of carbonyl (C=O) groups excluding carboxylic acids is 1. The summed E-state index contributed by atoms with van der Waals surface area (Å²) in [5, 5.41) is 0. The van der Waals surface area contributed by atoms with E-state index in [1.807, 2.05) is 31.2 Å². The molecule has 0 aliphatic rings. The zero-order valence-electron chi connectivity index (χ0n) is 9.89. The summed E-state index contributed by atoms with van der Waals surface area (Å²) in [5.41, 5.74) is 0.852. The summed E-state index contributed by atoms with van der Waals surface area (Å²) in [5.74, 6) is 0.360. The fourth-order valence-corrected chi connectivity index (χ4v) is 1.25. The monoisotopic (exact) mass is 232 g/mol. The smallest absolute Gasteiger partial charge is 0.331 e. The van der Waals surface area contributed by atoms with E-state index in [1.165, 1.54) is 12.2 Å². The van der Waals surface area contributed by atoms with Gasteiger partial charge in [0.2, 0.25) is 0 Å². The average Bonchev–Trinajstić information content (AvgIpc) is 2.35. The van der Waals surface area contributed by atoms with Gasteiger partial charge in [0.25, 0.3) is 0 Å². The highest BCUT2D eigenvalue weighted by Crippen LogP contribution is 2.19. The SMILES string of the molecule is C=CCOC(=O)/C=C/c1ccccc1OCC. The van der Waals surface area contributed by atoms with Gasteiger partial charge < -0.3 is 9.47 Å². The van der Waals surface area contributed by atoms with Gasteiger partial charge in [-0.3, -0.25) is 0 Å². The lowest BCUT2D eigenvalue weighted by Gasteiger charge is -2.05. The van der Waals surface area contributed by atoms with Gasteiger partial charge in [0, 0.05) is 11.6 Å². The van der Waals surface area contributed by atoms with E-state index in [0.717, 1.165) is 11.3 Å². The van der Waals surface area contributed by atoms with Crippen molar-refractivity contribution in [3.8, 4) is 5.75 Å². The second-order valence-corrected chi connectivity index (χ2v) is 3.22. The number of esters is 1. The van der Waals surface area contributed by atoms with Gasteiger partial charge in [-0.05, 0) is 19.1 Å². The molecule has 0 aliphatic carbocycles. The van der Waals surface area contributed by atoms with E-state index in [2.05, 4.69) is 6.58 Å². The lowest BCUT2D eigenvalue weighted by Crippen LogP contribution is -1.99. The first-order valence-corrected chi connectivity index (χ1v) is 5.45. The maximum Gasteiger partial charge on any atom is 0.331 e. The molecule has 3 nitrogen and oxygen atoms in total. The molecule has 0 bridgehead atoms. The summed E-state index contributed by atoms with van der Waals surface area (Å²) < 4.78 is 10.3. The van der Waals surface area contributed by atoms with E-state index in [0.29, 0.717) is 6.61 Å². The second kappa shape index (κ2) is 7.28. The molecule has 0 radical (unpaired) electrons. The minimum absolute atomic E-state index is 0.219. The van der Waals surface area contributed by atoms with Crippen molar-refractivity contribution in [1.29, 1.82) is 0 Å². The Hall–Kier alpha value is -2.03. The van der Waals surface area contributed by atoms with Gasteiger partial charge in [0.05, 0.1) is 6.61 Å². The molecule has 17 heavy (non-hydrogen) atoms. The summed E-state index contributed by atoms with van der Waals surface area (Å²) in [4.78, 5) is 11.2. The highest BCUT2D eigenvalue weighted by molar-refractivity contribution is 5.87. The van der Waals surface area contributed by atoms with Crippen LogP contribution in [0.2, 0.25) is 0 Å². The number of hydrogen-bond donors (Lipinski definition) is 0. The molecule has 3 heteroatoms. The molecule has 1 aromatic rings. The lowest BCUT2D eigenvalue weighted by atomic mass is 10.2. The van der Waals surface area contributed by atoms with Crippen molar-refractivity contribution in [2.45, 2.75) is 6.92 Å². The molecule has 0 amide bonds. The van der Waals surface area contributed by atoms with Gasteiger partial charge in [0.1, 0.15) is 12.4 Å². The molecular weight excluding hydrogens is 216 g/mol. The highest BCUT2D eigenvalue weighted by atomic mass is 16.5. The van der Waals surface area contributed by atoms with Crippen LogP contribution in [0.5, 0.6) is 5.75 Å². The van der Waals surface area contributed by atoms with Crippen LogP contribution >= 0.6 is 0 Å². The van der Waals surface area contributed by atoms with Crippen LogP contribution in [-0.4, -0.2) is 19.2 Å². The van der Waals surface area contributed by atoms with Crippen molar-refractivity contribution >= 4 is 12.0 Å². The zero-order valence-corrected chi connectivity index (χ0v) is 9.89. The molecule has 0 unspecified atom stereocenters. The van der Waals surface area contributed by atoms with Crippen molar-refractivity contribution < 1.29 is 14.3 Å². The molecule has 0 heterocycles. The average molecular weight is 232 g/mol. The van der Waals surface area contributed by atoms with E-state index in [-0.39, 0.29) is 6.61 Å². The number of ether oxygens (including phenoxy) is 2. The number of benzene rings is 1. The minimum Gasteiger partial charge on any atom is -0.493 e. The first kappa shape index (κ1) is 13.0. The van der Waals surface area contributed by atoms with Gasteiger partial charge in [-0.15, -0.1) is 0 Å². The van der Waals surface area contributed by atoms with Crippen LogP contribution in [0, 0.1) is 0 Å². The Balaban J connectivity index is 2.69. The summed E-state index contributed by atoms with van der Waals surface area (Å²) in [7, 11) is 0. The molecule has 0 saturated heterocycles. The quantitative estimate of drug-likeness (QED) is 0.430. The summed E-state index contributed by atoms with van der Waals surface area (Å²) in [6.07, 6.45) is 4.58. The first-order chi connectivity index (χ1) is 8.27. The molecule has 0 fully saturated rings. The highest BCUT2D eigenvalue weighted by Gasteiger charge is 2.00. The summed E-state index contributed by atoms with van der Waals surface area (Å²) in [6, 6.07) is 7.51. The minimum atomic E-state index is -0.392. The molecule has 1 aromatic carbocycles. The maximum atomic E-state index is 11.2. The largest absolute Gasteiger partial charge is 0.493 e. The van der Waals surface area contributed by atoms with E-state index >= 15 is 0 Å². The molecule has 0 spiro atoms. The van der Waals surface area contributed by atoms with Crippen molar-refractivity contribution in [1.82, 2.24) is 0 Å². The number of rotatable bonds is 6. The second-order valence-electron chi connectivity index (χ2n) is 3.22. The molecule has 0 saturated carbocycles. The molecule has 0 atom stereocenters. The van der Waals surface area contributed by atoms with Gasteiger partial charge in [0.15, 0.2) is 0 Å². The van der Waals surface area contributed by atoms with E-state index < -0.39 is 5.97 Å².